The number of carbonyl (C=O) groups excluding carboxylic acids is 1. The maximum absolute atomic E-state index is 12.6. The van der Waals surface area contributed by atoms with E-state index in [2.05, 4.69) is 0 Å². The molecule has 0 unspecified atom stereocenters. The Kier molecular flexibility index (Phi) is 4.70. The largest absolute Gasteiger partial charge is 0.507 e. The van der Waals surface area contributed by atoms with Crippen molar-refractivity contribution in [1.82, 2.24) is 0 Å². The van der Waals surface area contributed by atoms with Gasteiger partial charge in [0.25, 0.3) is 0 Å². The molecule has 0 saturated carbocycles. The summed E-state index contributed by atoms with van der Waals surface area (Å²) < 4.78 is 10.6. The van der Waals surface area contributed by atoms with Gasteiger partial charge < -0.3 is 14.6 Å². The fourth-order valence-electron chi connectivity index (χ4n) is 2.81. The molecule has 0 aliphatic carbocycles. The van der Waals surface area contributed by atoms with Crippen molar-refractivity contribution in [3.8, 4) is 17.2 Å². The van der Waals surface area contributed by atoms with Crippen molar-refractivity contribution < 1.29 is 19.4 Å². The zero-order valence-electron chi connectivity index (χ0n) is 14.0. The monoisotopic (exact) mass is 334 g/mol. The van der Waals surface area contributed by atoms with Gasteiger partial charge in [0.1, 0.15) is 22.8 Å². The summed E-state index contributed by atoms with van der Waals surface area (Å²) in [5, 5.41) is 12.0. The molecule has 0 radical (unpaired) electrons. The van der Waals surface area contributed by atoms with Crippen molar-refractivity contribution in [1.29, 1.82) is 0 Å². The average Bonchev–Trinajstić information content (AvgIpc) is 2.65. The number of methoxy groups -OCH3 is 2. The van der Waals surface area contributed by atoms with E-state index < -0.39 is 0 Å². The zero-order valence-corrected chi connectivity index (χ0v) is 14.0. The molecule has 3 aromatic rings. The lowest BCUT2D eigenvalue weighted by Gasteiger charge is -2.09. The molecule has 3 aromatic carbocycles. The van der Waals surface area contributed by atoms with Crippen LogP contribution < -0.4 is 9.47 Å². The highest BCUT2D eigenvalue weighted by Gasteiger charge is 2.15. The third-order valence-electron chi connectivity index (χ3n) is 4.02. The molecular weight excluding hydrogens is 316 g/mol. The molecule has 0 aromatic heterocycles. The van der Waals surface area contributed by atoms with Gasteiger partial charge in [0.2, 0.25) is 0 Å². The number of carbonyl (C=O) groups is 1. The predicted octanol–water partition coefficient (Wildman–Crippen LogP) is 4.46. The summed E-state index contributed by atoms with van der Waals surface area (Å²) in [5.41, 5.74) is 0.948. The first kappa shape index (κ1) is 16.6. The van der Waals surface area contributed by atoms with Crippen molar-refractivity contribution in [2.24, 2.45) is 0 Å². The van der Waals surface area contributed by atoms with Gasteiger partial charge in [-0.3, -0.25) is 4.79 Å². The van der Waals surface area contributed by atoms with Crippen LogP contribution in [0.25, 0.3) is 16.8 Å². The van der Waals surface area contributed by atoms with Crippen LogP contribution in [0.1, 0.15) is 15.9 Å². The number of hydrogen-bond acceptors (Lipinski definition) is 4. The Labute approximate surface area is 145 Å². The first-order valence-electron chi connectivity index (χ1n) is 7.80. The molecule has 0 aliphatic rings. The van der Waals surface area contributed by atoms with Crippen molar-refractivity contribution in [2.75, 3.05) is 14.2 Å². The summed E-state index contributed by atoms with van der Waals surface area (Å²) in [7, 11) is 3.05. The van der Waals surface area contributed by atoms with E-state index in [1.807, 2.05) is 36.4 Å². The molecule has 0 atom stereocenters. The van der Waals surface area contributed by atoms with Gasteiger partial charge >= 0.3 is 0 Å². The Morgan fingerprint density at radius 2 is 1.68 bits per heavy atom. The maximum Gasteiger partial charge on any atom is 0.193 e. The number of aromatic hydroxyl groups is 1. The van der Waals surface area contributed by atoms with E-state index in [9.17, 15) is 9.90 Å². The standard InChI is InChI=1S/C21H18O4/c1-24-19-13-10-14-6-3-4-7-15(14)16(19)11-12-18(23)21-17(22)8-5-9-20(21)25-2/h3-13,22H,1-2H3/b12-11+. The second kappa shape index (κ2) is 7.09. The summed E-state index contributed by atoms with van der Waals surface area (Å²) >= 11 is 0. The summed E-state index contributed by atoms with van der Waals surface area (Å²) in [6, 6.07) is 16.4. The predicted molar refractivity (Wildman–Crippen MR) is 98.5 cm³/mol. The quantitative estimate of drug-likeness (QED) is 0.553. The molecule has 25 heavy (non-hydrogen) atoms. The summed E-state index contributed by atoms with van der Waals surface area (Å²) in [6.07, 6.45) is 3.12. The fraction of sp³-hybridized carbons (Fsp3) is 0.0952. The molecule has 4 heteroatoms. The molecule has 0 aliphatic heterocycles. The fourth-order valence-corrected chi connectivity index (χ4v) is 2.81. The Balaban J connectivity index is 2.06. The van der Waals surface area contributed by atoms with Crippen LogP contribution in [0.2, 0.25) is 0 Å². The lowest BCUT2D eigenvalue weighted by Crippen LogP contribution is -1.99. The average molecular weight is 334 g/mol. The van der Waals surface area contributed by atoms with Crippen LogP contribution >= 0.6 is 0 Å². The van der Waals surface area contributed by atoms with Gasteiger partial charge in [-0.05, 0) is 41.1 Å². The van der Waals surface area contributed by atoms with Crippen molar-refractivity contribution in [3.63, 3.8) is 0 Å². The van der Waals surface area contributed by atoms with Crippen LogP contribution in [0.3, 0.4) is 0 Å². The summed E-state index contributed by atoms with van der Waals surface area (Å²) in [5.74, 6) is 0.551. The Morgan fingerprint density at radius 3 is 2.44 bits per heavy atom. The van der Waals surface area contributed by atoms with E-state index in [1.165, 1.54) is 19.3 Å². The van der Waals surface area contributed by atoms with Crippen LogP contribution in [0.4, 0.5) is 0 Å². The number of allylic oxidation sites excluding steroid dienone is 1. The third kappa shape index (κ3) is 3.19. The van der Waals surface area contributed by atoms with Crippen LogP contribution in [0.5, 0.6) is 17.2 Å². The molecular formula is C21H18O4. The Morgan fingerprint density at radius 1 is 0.920 bits per heavy atom. The number of ether oxygens (including phenoxy) is 2. The molecule has 0 amide bonds. The molecule has 1 N–H and O–H groups in total. The molecule has 0 saturated heterocycles. The topological polar surface area (TPSA) is 55.8 Å². The first-order valence-corrected chi connectivity index (χ1v) is 7.80. The molecule has 126 valence electrons. The van der Waals surface area contributed by atoms with Crippen LogP contribution in [0, 0.1) is 0 Å². The Bertz CT molecular complexity index is 957. The smallest absolute Gasteiger partial charge is 0.193 e. The van der Waals surface area contributed by atoms with Gasteiger partial charge in [-0.15, -0.1) is 0 Å². The molecule has 3 rings (SSSR count). The minimum atomic E-state index is -0.343. The van der Waals surface area contributed by atoms with E-state index in [-0.39, 0.29) is 17.1 Å². The minimum Gasteiger partial charge on any atom is -0.507 e. The molecule has 4 nitrogen and oxygen atoms in total. The highest BCUT2D eigenvalue weighted by Crippen LogP contribution is 2.31. The number of phenolic OH excluding ortho intramolecular Hbond substituents is 1. The van der Waals surface area contributed by atoms with Crippen molar-refractivity contribution in [3.05, 3.63) is 71.8 Å². The Hall–Kier alpha value is -3.27. The van der Waals surface area contributed by atoms with Crippen LogP contribution in [-0.4, -0.2) is 25.1 Å². The van der Waals surface area contributed by atoms with Gasteiger partial charge in [-0.25, -0.2) is 0 Å². The van der Waals surface area contributed by atoms with E-state index >= 15 is 0 Å². The third-order valence-corrected chi connectivity index (χ3v) is 4.02. The number of rotatable bonds is 5. The van der Waals surface area contributed by atoms with Crippen molar-refractivity contribution in [2.45, 2.75) is 0 Å². The molecule has 0 spiro atoms. The van der Waals surface area contributed by atoms with E-state index in [0.29, 0.717) is 11.5 Å². The van der Waals surface area contributed by atoms with Gasteiger partial charge in [-0.2, -0.15) is 0 Å². The van der Waals surface area contributed by atoms with Gasteiger partial charge in [-0.1, -0.05) is 36.4 Å². The minimum absolute atomic E-state index is 0.112. The lowest BCUT2D eigenvalue weighted by molar-refractivity contribution is 0.104. The van der Waals surface area contributed by atoms with Gasteiger partial charge in [0.15, 0.2) is 5.78 Å². The van der Waals surface area contributed by atoms with Gasteiger partial charge in [0, 0.05) is 5.56 Å². The first-order chi connectivity index (χ1) is 12.2. The highest BCUT2D eigenvalue weighted by molar-refractivity contribution is 6.11. The number of phenols is 1. The highest BCUT2D eigenvalue weighted by atomic mass is 16.5. The van der Waals surface area contributed by atoms with E-state index in [1.54, 1.807) is 25.3 Å². The van der Waals surface area contributed by atoms with Crippen molar-refractivity contribution >= 4 is 22.6 Å². The summed E-state index contributed by atoms with van der Waals surface area (Å²) in [6.45, 7) is 0. The number of ketones is 1. The second-order valence-corrected chi connectivity index (χ2v) is 5.45. The number of fused-ring (bicyclic) bond motifs is 1. The maximum atomic E-state index is 12.6. The normalized spacial score (nSPS) is 11.0. The number of benzene rings is 3. The van der Waals surface area contributed by atoms with Crippen LogP contribution in [0.15, 0.2) is 60.7 Å². The molecule has 0 heterocycles. The van der Waals surface area contributed by atoms with Gasteiger partial charge in [0.05, 0.1) is 14.2 Å². The molecule has 0 bridgehead atoms. The lowest BCUT2D eigenvalue weighted by atomic mass is 10.0. The molecule has 0 fully saturated rings. The zero-order chi connectivity index (χ0) is 17.8. The van der Waals surface area contributed by atoms with E-state index in [4.69, 9.17) is 9.47 Å². The number of hydrogen-bond donors (Lipinski definition) is 1. The van der Waals surface area contributed by atoms with E-state index in [0.717, 1.165) is 16.3 Å². The summed E-state index contributed by atoms with van der Waals surface area (Å²) in [4.78, 5) is 12.6. The SMILES string of the molecule is COc1cccc(O)c1C(=O)/C=C/c1c(OC)ccc2ccccc12. The van der Waals surface area contributed by atoms with Crippen LogP contribution in [-0.2, 0) is 0 Å². The second-order valence-electron chi connectivity index (χ2n) is 5.45.